The monoisotopic (exact) mass is 465 g/mol. The molecule has 2 aromatic carbocycles. The molecule has 0 saturated carbocycles. The molecular formula is C28H23N3O4. The first kappa shape index (κ1) is 22.2. The SMILES string of the molecule is COc1ccc(C2=C(c3ccc(OCc4cn5ccc(C#N)cc5n4)cc3)C(=O)C(C)(C)O2)cc1. The van der Waals surface area contributed by atoms with Gasteiger partial charge in [-0.2, -0.15) is 5.26 Å². The largest absolute Gasteiger partial charge is 0.497 e. The van der Waals surface area contributed by atoms with Crippen LogP contribution in [0.15, 0.2) is 73.1 Å². The smallest absolute Gasteiger partial charge is 0.210 e. The number of nitrogens with zero attached hydrogens (tertiary/aromatic N) is 3. The Morgan fingerprint density at radius 1 is 1.03 bits per heavy atom. The van der Waals surface area contributed by atoms with Gasteiger partial charge in [0.05, 0.1) is 30.0 Å². The topological polar surface area (TPSA) is 85.9 Å². The molecule has 0 bridgehead atoms. The maximum Gasteiger partial charge on any atom is 0.210 e. The van der Waals surface area contributed by atoms with Crippen molar-refractivity contribution in [2.45, 2.75) is 26.1 Å². The van der Waals surface area contributed by atoms with E-state index in [1.807, 2.05) is 59.1 Å². The molecule has 0 radical (unpaired) electrons. The molecule has 7 nitrogen and oxygen atoms in total. The number of ketones is 1. The van der Waals surface area contributed by atoms with Gasteiger partial charge in [0.1, 0.15) is 29.5 Å². The molecule has 0 aliphatic carbocycles. The third kappa shape index (κ3) is 4.22. The van der Waals surface area contributed by atoms with Gasteiger partial charge in [0.15, 0.2) is 5.60 Å². The number of imidazole rings is 1. The molecule has 0 N–H and O–H groups in total. The Labute approximate surface area is 202 Å². The van der Waals surface area contributed by atoms with E-state index in [9.17, 15) is 4.79 Å². The van der Waals surface area contributed by atoms with Crippen LogP contribution in [-0.2, 0) is 16.1 Å². The van der Waals surface area contributed by atoms with Crippen molar-refractivity contribution >= 4 is 22.8 Å². The molecular weight excluding hydrogens is 442 g/mol. The summed E-state index contributed by atoms with van der Waals surface area (Å²) in [6.45, 7) is 3.83. The lowest BCUT2D eigenvalue weighted by atomic mass is 9.92. The number of nitriles is 1. The van der Waals surface area contributed by atoms with Crippen LogP contribution in [0.2, 0.25) is 0 Å². The Bertz CT molecular complexity index is 1490. The van der Waals surface area contributed by atoms with Gasteiger partial charge in [0.25, 0.3) is 0 Å². The molecule has 1 aliphatic heterocycles. The highest BCUT2D eigenvalue weighted by molar-refractivity contribution is 6.32. The normalized spacial score (nSPS) is 14.6. The lowest BCUT2D eigenvalue weighted by Gasteiger charge is -2.17. The van der Waals surface area contributed by atoms with Crippen molar-refractivity contribution in [3.8, 4) is 17.6 Å². The van der Waals surface area contributed by atoms with E-state index in [0.29, 0.717) is 28.3 Å². The lowest BCUT2D eigenvalue weighted by molar-refractivity contribution is -0.125. The van der Waals surface area contributed by atoms with Crippen LogP contribution in [0.1, 0.15) is 36.2 Å². The van der Waals surface area contributed by atoms with Crippen LogP contribution in [0.4, 0.5) is 0 Å². The summed E-state index contributed by atoms with van der Waals surface area (Å²) in [5.74, 6) is 1.87. The maximum atomic E-state index is 13.2. The zero-order chi connectivity index (χ0) is 24.6. The number of methoxy groups -OCH3 is 1. The zero-order valence-electron chi connectivity index (χ0n) is 19.6. The van der Waals surface area contributed by atoms with Gasteiger partial charge in [-0.1, -0.05) is 12.1 Å². The Morgan fingerprint density at radius 2 is 1.71 bits per heavy atom. The van der Waals surface area contributed by atoms with Crippen LogP contribution in [0.3, 0.4) is 0 Å². The van der Waals surface area contributed by atoms with E-state index in [-0.39, 0.29) is 12.4 Å². The van der Waals surface area contributed by atoms with Crippen molar-refractivity contribution in [2.24, 2.45) is 0 Å². The third-order valence-corrected chi connectivity index (χ3v) is 5.88. The van der Waals surface area contributed by atoms with Gasteiger partial charge >= 0.3 is 0 Å². The van der Waals surface area contributed by atoms with Gasteiger partial charge in [0, 0.05) is 18.0 Å². The molecule has 5 rings (SSSR count). The highest BCUT2D eigenvalue weighted by Crippen LogP contribution is 2.41. The quantitative estimate of drug-likeness (QED) is 0.397. The summed E-state index contributed by atoms with van der Waals surface area (Å²) in [5.41, 5.74) is 3.16. The second kappa shape index (κ2) is 8.65. The predicted octanol–water partition coefficient (Wildman–Crippen LogP) is 5.04. The van der Waals surface area contributed by atoms with E-state index in [1.54, 1.807) is 39.3 Å². The van der Waals surface area contributed by atoms with Gasteiger partial charge in [-0.05, 0) is 67.9 Å². The molecule has 3 heterocycles. The first-order valence-electron chi connectivity index (χ1n) is 11.1. The van der Waals surface area contributed by atoms with Crippen molar-refractivity contribution in [3.05, 3.63) is 95.4 Å². The van der Waals surface area contributed by atoms with Gasteiger partial charge < -0.3 is 18.6 Å². The zero-order valence-corrected chi connectivity index (χ0v) is 19.6. The number of hydrogen-bond acceptors (Lipinski definition) is 6. The summed E-state index contributed by atoms with van der Waals surface area (Å²) in [7, 11) is 1.61. The molecule has 4 aromatic rings. The van der Waals surface area contributed by atoms with Crippen LogP contribution in [-0.4, -0.2) is 27.9 Å². The number of rotatable bonds is 6. The van der Waals surface area contributed by atoms with Crippen LogP contribution >= 0.6 is 0 Å². The number of ether oxygens (including phenoxy) is 3. The molecule has 1 aliphatic rings. The molecule has 7 heteroatoms. The van der Waals surface area contributed by atoms with E-state index in [4.69, 9.17) is 19.5 Å². The van der Waals surface area contributed by atoms with Gasteiger partial charge in [-0.25, -0.2) is 4.98 Å². The van der Waals surface area contributed by atoms with Crippen LogP contribution in [0, 0.1) is 11.3 Å². The minimum atomic E-state index is -0.950. The average molecular weight is 466 g/mol. The third-order valence-electron chi connectivity index (χ3n) is 5.88. The average Bonchev–Trinajstić information content (AvgIpc) is 3.40. The summed E-state index contributed by atoms with van der Waals surface area (Å²) >= 11 is 0. The molecule has 0 spiro atoms. The Kier molecular flexibility index (Phi) is 5.50. The van der Waals surface area contributed by atoms with Gasteiger partial charge in [-0.15, -0.1) is 0 Å². The summed E-state index contributed by atoms with van der Waals surface area (Å²) in [5, 5.41) is 9.06. The molecule has 0 unspecified atom stereocenters. The van der Waals surface area contributed by atoms with Crippen molar-refractivity contribution in [1.29, 1.82) is 5.26 Å². The molecule has 0 fully saturated rings. The van der Waals surface area contributed by atoms with Gasteiger partial charge in [0.2, 0.25) is 5.78 Å². The minimum Gasteiger partial charge on any atom is -0.497 e. The summed E-state index contributed by atoms with van der Waals surface area (Å²) < 4.78 is 19.1. The molecule has 0 atom stereocenters. The number of benzene rings is 2. The summed E-state index contributed by atoms with van der Waals surface area (Å²) in [6.07, 6.45) is 3.67. The molecule has 0 amide bonds. The van der Waals surface area contributed by atoms with E-state index in [1.165, 1.54) is 0 Å². The molecule has 2 aromatic heterocycles. The second-order valence-corrected chi connectivity index (χ2v) is 8.71. The Hall–Kier alpha value is -4.57. The highest BCUT2D eigenvalue weighted by atomic mass is 16.5. The number of fused-ring (bicyclic) bond motifs is 1. The van der Waals surface area contributed by atoms with E-state index >= 15 is 0 Å². The minimum absolute atomic E-state index is 0.0709. The fourth-order valence-corrected chi connectivity index (χ4v) is 4.01. The number of pyridine rings is 1. The van der Waals surface area contributed by atoms with Crippen molar-refractivity contribution in [1.82, 2.24) is 9.38 Å². The maximum absolute atomic E-state index is 13.2. The van der Waals surface area contributed by atoms with Crippen molar-refractivity contribution in [3.63, 3.8) is 0 Å². The number of Topliss-reactive ketones (excluding diaryl/α,β-unsaturated/α-hetero) is 1. The first-order valence-corrected chi connectivity index (χ1v) is 11.1. The number of carbonyl (C=O) groups is 1. The van der Waals surface area contributed by atoms with Gasteiger partial charge in [-0.3, -0.25) is 4.79 Å². The Morgan fingerprint density at radius 3 is 2.40 bits per heavy atom. The van der Waals surface area contributed by atoms with Crippen LogP contribution in [0.5, 0.6) is 11.5 Å². The highest BCUT2D eigenvalue weighted by Gasteiger charge is 2.42. The number of hydrogen-bond donors (Lipinski definition) is 0. The second-order valence-electron chi connectivity index (χ2n) is 8.71. The van der Waals surface area contributed by atoms with Crippen molar-refractivity contribution in [2.75, 3.05) is 7.11 Å². The van der Waals surface area contributed by atoms with E-state index < -0.39 is 5.60 Å². The fourth-order valence-electron chi connectivity index (χ4n) is 4.01. The molecule has 174 valence electrons. The fraction of sp³-hybridized carbons (Fsp3) is 0.179. The summed E-state index contributed by atoms with van der Waals surface area (Å²) in [6, 6.07) is 20.4. The standard InChI is InChI=1S/C28H23N3O4/c1-28(2)27(32)25(26(35-28)20-6-8-22(33-3)9-7-20)19-4-10-23(11-5-19)34-17-21-16-31-13-12-18(15-29)14-24(31)30-21/h4-14,16H,17H2,1-3H3. The number of carbonyl (C=O) groups excluding carboxylic acids is 1. The van der Waals surface area contributed by atoms with E-state index in [0.717, 1.165) is 22.6 Å². The van der Waals surface area contributed by atoms with Crippen LogP contribution < -0.4 is 9.47 Å². The van der Waals surface area contributed by atoms with Crippen molar-refractivity contribution < 1.29 is 19.0 Å². The predicted molar refractivity (Wildman–Crippen MR) is 131 cm³/mol. The lowest BCUT2D eigenvalue weighted by Crippen LogP contribution is -2.29. The molecule has 0 saturated heterocycles. The van der Waals surface area contributed by atoms with E-state index in [2.05, 4.69) is 11.1 Å². The Balaban J connectivity index is 1.38. The molecule has 35 heavy (non-hydrogen) atoms. The number of aromatic nitrogens is 2. The first-order chi connectivity index (χ1) is 16.9. The van der Waals surface area contributed by atoms with Crippen LogP contribution in [0.25, 0.3) is 17.0 Å². The summed E-state index contributed by atoms with van der Waals surface area (Å²) in [4.78, 5) is 17.7.